The third-order valence-corrected chi connectivity index (χ3v) is 4.20. The second-order valence-corrected chi connectivity index (χ2v) is 5.56. The summed E-state index contributed by atoms with van der Waals surface area (Å²) >= 11 is 0. The summed E-state index contributed by atoms with van der Waals surface area (Å²) in [5.74, 6) is 1.21. The predicted octanol–water partition coefficient (Wildman–Crippen LogP) is 2.64. The smallest absolute Gasteiger partial charge is 0.180 e. The van der Waals surface area contributed by atoms with Crippen LogP contribution in [-0.2, 0) is 0 Å². The van der Waals surface area contributed by atoms with Gasteiger partial charge in [0.2, 0.25) is 0 Å². The summed E-state index contributed by atoms with van der Waals surface area (Å²) in [7, 11) is 0. The van der Waals surface area contributed by atoms with E-state index in [9.17, 15) is 9.90 Å². The molecule has 104 valence electrons. The Morgan fingerprint density at radius 1 is 1.20 bits per heavy atom. The van der Waals surface area contributed by atoms with Crippen molar-refractivity contribution in [2.24, 2.45) is 11.8 Å². The highest BCUT2D eigenvalue weighted by Crippen LogP contribution is 2.28. The molecule has 1 aromatic carbocycles. The van der Waals surface area contributed by atoms with Gasteiger partial charge >= 0.3 is 0 Å². The van der Waals surface area contributed by atoms with E-state index in [-0.39, 0.29) is 11.5 Å². The van der Waals surface area contributed by atoms with Crippen LogP contribution in [0.4, 0.5) is 0 Å². The first kappa shape index (κ1) is 13.1. The van der Waals surface area contributed by atoms with Crippen molar-refractivity contribution in [2.45, 2.75) is 6.42 Å². The first-order valence-electron chi connectivity index (χ1n) is 7.12. The average Bonchev–Trinajstić information content (AvgIpc) is 2.47. The molecule has 1 saturated heterocycles. The van der Waals surface area contributed by atoms with Crippen LogP contribution in [0.2, 0.25) is 0 Å². The van der Waals surface area contributed by atoms with Crippen LogP contribution in [0.25, 0.3) is 0 Å². The van der Waals surface area contributed by atoms with Crippen LogP contribution >= 0.6 is 0 Å². The van der Waals surface area contributed by atoms with Gasteiger partial charge in [0.25, 0.3) is 0 Å². The van der Waals surface area contributed by atoms with Crippen molar-refractivity contribution in [3.05, 3.63) is 54.1 Å². The Kier molecular flexibility index (Phi) is 3.70. The quantitative estimate of drug-likeness (QED) is 0.858. The number of phenolic OH excluding ortho intramolecular Hbond substituents is 1. The number of rotatable bonds is 3. The molecule has 2 atom stereocenters. The molecule has 0 aromatic heterocycles. The number of Topliss-reactive ketones (excluding diaryl/α,β-unsaturated/α-hetero) is 1. The van der Waals surface area contributed by atoms with Gasteiger partial charge in [-0.05, 0) is 36.9 Å². The summed E-state index contributed by atoms with van der Waals surface area (Å²) in [6.07, 6.45) is 9.81. The monoisotopic (exact) mass is 269 g/mol. The molecule has 0 spiro atoms. The van der Waals surface area contributed by atoms with Crippen LogP contribution in [0, 0.1) is 11.8 Å². The van der Waals surface area contributed by atoms with Crippen molar-refractivity contribution in [3.63, 3.8) is 0 Å². The lowest BCUT2D eigenvalue weighted by molar-refractivity contribution is 0.0876. The van der Waals surface area contributed by atoms with E-state index in [4.69, 9.17) is 0 Å². The Balaban J connectivity index is 1.64. The number of likely N-dealkylation sites (tertiary alicyclic amines) is 1. The lowest BCUT2D eigenvalue weighted by atomic mass is 9.82. The molecule has 3 nitrogen and oxygen atoms in total. The molecule has 1 N–H and O–H groups in total. The van der Waals surface area contributed by atoms with Crippen molar-refractivity contribution in [3.8, 4) is 5.75 Å². The molecular weight excluding hydrogens is 250 g/mol. The van der Waals surface area contributed by atoms with Crippen molar-refractivity contribution in [2.75, 3.05) is 19.6 Å². The van der Waals surface area contributed by atoms with E-state index in [1.807, 2.05) is 0 Å². The van der Waals surface area contributed by atoms with E-state index in [0.29, 0.717) is 23.9 Å². The second-order valence-electron chi connectivity index (χ2n) is 5.56. The molecule has 2 aliphatic rings. The van der Waals surface area contributed by atoms with Crippen molar-refractivity contribution in [1.82, 2.24) is 4.90 Å². The third-order valence-electron chi connectivity index (χ3n) is 4.20. The van der Waals surface area contributed by atoms with Gasteiger partial charge in [-0.15, -0.1) is 0 Å². The van der Waals surface area contributed by atoms with Crippen LogP contribution in [-0.4, -0.2) is 35.4 Å². The van der Waals surface area contributed by atoms with Crippen LogP contribution in [0.3, 0.4) is 0 Å². The van der Waals surface area contributed by atoms with Crippen molar-refractivity contribution in [1.29, 1.82) is 0 Å². The molecule has 1 aliphatic heterocycles. The van der Waals surface area contributed by atoms with Crippen LogP contribution in [0.5, 0.6) is 5.75 Å². The number of carbonyl (C=O) groups is 1. The number of benzene rings is 1. The SMILES string of the molecule is O=C(CN1CC[C@H]2C=CC=C[C@@H]2C1)c1ccccc1O. The fourth-order valence-corrected chi connectivity index (χ4v) is 3.07. The molecule has 0 unspecified atom stereocenters. The average molecular weight is 269 g/mol. The van der Waals surface area contributed by atoms with Crippen LogP contribution < -0.4 is 0 Å². The van der Waals surface area contributed by atoms with E-state index in [1.54, 1.807) is 24.3 Å². The predicted molar refractivity (Wildman–Crippen MR) is 78.8 cm³/mol. The maximum atomic E-state index is 12.3. The van der Waals surface area contributed by atoms with Gasteiger partial charge in [-0.3, -0.25) is 9.69 Å². The number of aromatic hydroxyl groups is 1. The zero-order valence-electron chi connectivity index (χ0n) is 11.4. The highest BCUT2D eigenvalue weighted by atomic mass is 16.3. The standard InChI is InChI=1S/C17H19NO2/c19-16-8-4-3-7-15(16)17(20)12-18-10-9-13-5-1-2-6-14(13)11-18/h1-8,13-14,19H,9-12H2/t13-,14-/m1/s1. The summed E-state index contributed by atoms with van der Waals surface area (Å²) < 4.78 is 0. The number of ketones is 1. The van der Waals surface area contributed by atoms with Gasteiger partial charge in [-0.2, -0.15) is 0 Å². The fraction of sp³-hybridized carbons (Fsp3) is 0.353. The molecule has 0 saturated carbocycles. The number of para-hydroxylation sites is 1. The van der Waals surface area contributed by atoms with E-state index >= 15 is 0 Å². The van der Waals surface area contributed by atoms with Gasteiger partial charge in [0, 0.05) is 6.54 Å². The normalized spacial score (nSPS) is 25.4. The number of fused-ring (bicyclic) bond motifs is 1. The topological polar surface area (TPSA) is 40.5 Å². The number of carbonyl (C=O) groups excluding carboxylic acids is 1. The van der Waals surface area contributed by atoms with Crippen LogP contribution in [0.1, 0.15) is 16.8 Å². The number of allylic oxidation sites excluding steroid dienone is 3. The van der Waals surface area contributed by atoms with Gasteiger partial charge < -0.3 is 5.11 Å². The third kappa shape index (κ3) is 2.68. The minimum Gasteiger partial charge on any atom is -0.507 e. The van der Waals surface area contributed by atoms with E-state index in [2.05, 4.69) is 29.2 Å². The Hall–Kier alpha value is -1.87. The van der Waals surface area contributed by atoms with Gasteiger partial charge in [0.1, 0.15) is 5.75 Å². The Bertz CT molecular complexity index is 562. The number of hydrogen-bond donors (Lipinski definition) is 1. The number of piperidine rings is 1. The molecule has 1 heterocycles. The zero-order chi connectivity index (χ0) is 13.9. The summed E-state index contributed by atoms with van der Waals surface area (Å²) in [4.78, 5) is 14.5. The van der Waals surface area contributed by atoms with Gasteiger partial charge in [0.15, 0.2) is 5.78 Å². The largest absolute Gasteiger partial charge is 0.507 e. The molecule has 0 amide bonds. The maximum absolute atomic E-state index is 12.3. The van der Waals surface area contributed by atoms with Gasteiger partial charge in [0.05, 0.1) is 12.1 Å². The Morgan fingerprint density at radius 3 is 2.75 bits per heavy atom. The van der Waals surface area contributed by atoms with E-state index in [1.165, 1.54) is 0 Å². The molecular formula is C17H19NO2. The fourth-order valence-electron chi connectivity index (χ4n) is 3.07. The molecule has 20 heavy (non-hydrogen) atoms. The summed E-state index contributed by atoms with van der Waals surface area (Å²) in [6, 6.07) is 6.77. The summed E-state index contributed by atoms with van der Waals surface area (Å²) in [5, 5.41) is 9.74. The molecule has 1 fully saturated rings. The molecule has 1 aromatic rings. The Labute approximate surface area is 119 Å². The number of nitrogens with zero attached hydrogens (tertiary/aromatic N) is 1. The minimum absolute atomic E-state index is 0.00289. The molecule has 3 rings (SSSR count). The van der Waals surface area contributed by atoms with Crippen LogP contribution in [0.15, 0.2) is 48.6 Å². The number of phenols is 1. The second kappa shape index (κ2) is 5.63. The summed E-state index contributed by atoms with van der Waals surface area (Å²) in [5.41, 5.74) is 0.425. The zero-order valence-corrected chi connectivity index (χ0v) is 11.4. The van der Waals surface area contributed by atoms with Crippen molar-refractivity contribution >= 4 is 5.78 Å². The Morgan fingerprint density at radius 2 is 1.95 bits per heavy atom. The summed E-state index contributed by atoms with van der Waals surface area (Å²) in [6.45, 7) is 2.25. The first-order valence-corrected chi connectivity index (χ1v) is 7.12. The lowest BCUT2D eigenvalue weighted by Crippen LogP contribution is -2.42. The van der Waals surface area contributed by atoms with Gasteiger partial charge in [-0.25, -0.2) is 0 Å². The van der Waals surface area contributed by atoms with Crippen molar-refractivity contribution < 1.29 is 9.90 Å². The molecule has 3 heteroatoms. The molecule has 0 radical (unpaired) electrons. The highest BCUT2D eigenvalue weighted by molar-refractivity contribution is 5.99. The minimum atomic E-state index is -0.00289. The lowest BCUT2D eigenvalue weighted by Gasteiger charge is -2.36. The first-order chi connectivity index (χ1) is 9.74. The molecule has 1 aliphatic carbocycles. The molecule has 0 bridgehead atoms. The van der Waals surface area contributed by atoms with E-state index in [0.717, 1.165) is 19.5 Å². The highest BCUT2D eigenvalue weighted by Gasteiger charge is 2.28. The van der Waals surface area contributed by atoms with Gasteiger partial charge in [-0.1, -0.05) is 36.4 Å². The number of hydrogen-bond acceptors (Lipinski definition) is 3. The van der Waals surface area contributed by atoms with E-state index < -0.39 is 0 Å². The maximum Gasteiger partial charge on any atom is 0.180 e.